The number of nitrogens with zero attached hydrogens (tertiary/aromatic N) is 2. The van der Waals surface area contributed by atoms with Crippen molar-refractivity contribution in [3.05, 3.63) is 29.6 Å². The highest BCUT2D eigenvalue weighted by atomic mass is 19.1. The van der Waals surface area contributed by atoms with Crippen LogP contribution in [0.4, 0.5) is 14.9 Å². The summed E-state index contributed by atoms with van der Waals surface area (Å²) >= 11 is 0. The van der Waals surface area contributed by atoms with Crippen LogP contribution in [-0.4, -0.2) is 61.6 Å². The van der Waals surface area contributed by atoms with Gasteiger partial charge in [0.2, 0.25) is 11.8 Å². The molecule has 4 rings (SSSR count). The lowest BCUT2D eigenvalue weighted by molar-refractivity contribution is -0.121. The van der Waals surface area contributed by atoms with Gasteiger partial charge >= 0.3 is 6.09 Å². The van der Waals surface area contributed by atoms with Gasteiger partial charge in [-0.3, -0.25) is 19.4 Å². The Morgan fingerprint density at radius 3 is 2.62 bits per heavy atom. The van der Waals surface area contributed by atoms with Crippen LogP contribution in [0.25, 0.3) is 0 Å². The summed E-state index contributed by atoms with van der Waals surface area (Å²) in [6.45, 7) is 4.00. The fourth-order valence-corrected chi connectivity index (χ4v) is 4.57. The Kier molecular flexibility index (Phi) is 5.16. The highest BCUT2D eigenvalue weighted by Crippen LogP contribution is 2.58. The van der Waals surface area contributed by atoms with Crippen LogP contribution in [0.1, 0.15) is 24.8 Å². The predicted molar refractivity (Wildman–Crippen MR) is 103 cm³/mol. The first-order valence-corrected chi connectivity index (χ1v) is 9.92. The second-order valence-electron chi connectivity index (χ2n) is 7.99. The molecule has 0 radical (unpaired) electrons. The number of carbonyl (C=O) groups is 3. The topological polar surface area (TPSA) is 105 Å². The normalized spacial score (nSPS) is 28.2. The number of amides is 3. The number of benzene rings is 1. The van der Waals surface area contributed by atoms with Gasteiger partial charge in [-0.25, -0.2) is 9.18 Å². The molecular weight excluding hydrogens is 379 g/mol. The first-order chi connectivity index (χ1) is 13.9. The quantitative estimate of drug-likeness (QED) is 0.700. The molecule has 3 N–H and O–H groups in total. The highest BCUT2D eigenvalue weighted by Gasteiger charge is 2.56. The zero-order chi connectivity index (χ0) is 20.7. The van der Waals surface area contributed by atoms with Gasteiger partial charge in [0.05, 0.1) is 25.3 Å². The lowest BCUT2D eigenvalue weighted by Crippen LogP contribution is -2.34. The fraction of sp³-hybridized carbons (Fsp3) is 0.550. The Morgan fingerprint density at radius 1 is 1.28 bits per heavy atom. The van der Waals surface area contributed by atoms with E-state index in [-0.39, 0.29) is 43.2 Å². The number of carbonyl (C=O) groups excluding carboxylic acids is 3. The number of anilines is 1. The molecule has 1 aliphatic carbocycles. The third-order valence-electron chi connectivity index (χ3n) is 6.03. The minimum Gasteiger partial charge on any atom is -0.442 e. The molecule has 1 saturated carbocycles. The van der Waals surface area contributed by atoms with Crippen molar-refractivity contribution in [2.45, 2.75) is 25.4 Å². The Morgan fingerprint density at radius 2 is 2.00 bits per heavy atom. The summed E-state index contributed by atoms with van der Waals surface area (Å²) in [6, 6.07) is 4.85. The second kappa shape index (κ2) is 7.62. The molecule has 3 amide bonds. The summed E-state index contributed by atoms with van der Waals surface area (Å²) in [4.78, 5) is 38.0. The molecular formula is C20H25FN4O4. The number of nitrogens with one attached hydrogen (secondary N) is 1. The SMILES string of the molecule is CCC(=O)NC[C@H]1CN(c2ccc(C3[C@H]4CN(CC(N)=O)C[C@@H]34)c(F)c2)C(=O)O1. The van der Waals surface area contributed by atoms with Crippen LogP contribution >= 0.6 is 0 Å². The van der Waals surface area contributed by atoms with Gasteiger partial charge in [-0.1, -0.05) is 13.0 Å². The largest absolute Gasteiger partial charge is 0.442 e. The van der Waals surface area contributed by atoms with E-state index in [9.17, 15) is 18.8 Å². The molecule has 0 bridgehead atoms. The second-order valence-corrected chi connectivity index (χ2v) is 7.99. The number of nitrogens with two attached hydrogens (primary N) is 1. The lowest BCUT2D eigenvalue weighted by Gasteiger charge is -2.18. The van der Waals surface area contributed by atoms with Crippen molar-refractivity contribution in [2.24, 2.45) is 17.6 Å². The molecule has 3 fully saturated rings. The fourth-order valence-electron chi connectivity index (χ4n) is 4.57. The van der Waals surface area contributed by atoms with E-state index in [1.165, 1.54) is 11.0 Å². The molecule has 2 aliphatic heterocycles. The smallest absolute Gasteiger partial charge is 0.414 e. The van der Waals surface area contributed by atoms with Crippen LogP contribution in [0, 0.1) is 17.7 Å². The minimum atomic E-state index is -0.543. The molecule has 156 valence electrons. The summed E-state index contributed by atoms with van der Waals surface area (Å²) in [5.74, 6) is 0.0494. The number of hydrogen-bond acceptors (Lipinski definition) is 5. The van der Waals surface area contributed by atoms with Gasteiger partial charge in [-0.2, -0.15) is 0 Å². The summed E-state index contributed by atoms with van der Waals surface area (Å²) < 4.78 is 20.1. The van der Waals surface area contributed by atoms with E-state index < -0.39 is 12.2 Å². The van der Waals surface area contributed by atoms with Crippen molar-refractivity contribution >= 4 is 23.6 Å². The van der Waals surface area contributed by atoms with E-state index in [0.717, 1.165) is 13.1 Å². The molecule has 1 aromatic rings. The number of piperidine rings is 1. The van der Waals surface area contributed by atoms with Crippen molar-refractivity contribution < 1.29 is 23.5 Å². The van der Waals surface area contributed by atoms with Crippen LogP contribution in [0.15, 0.2) is 18.2 Å². The molecule has 2 heterocycles. The third kappa shape index (κ3) is 3.91. The van der Waals surface area contributed by atoms with Crippen molar-refractivity contribution in [2.75, 3.05) is 37.6 Å². The van der Waals surface area contributed by atoms with E-state index in [1.54, 1.807) is 19.1 Å². The Hall–Kier alpha value is -2.68. The van der Waals surface area contributed by atoms with E-state index in [0.29, 0.717) is 29.5 Å². The van der Waals surface area contributed by atoms with Gasteiger partial charge in [0.25, 0.3) is 0 Å². The first-order valence-electron chi connectivity index (χ1n) is 9.92. The van der Waals surface area contributed by atoms with Gasteiger partial charge in [0.15, 0.2) is 0 Å². The third-order valence-corrected chi connectivity index (χ3v) is 6.03. The van der Waals surface area contributed by atoms with Crippen LogP contribution in [-0.2, 0) is 14.3 Å². The molecule has 9 heteroatoms. The average molecular weight is 404 g/mol. The number of ether oxygens (including phenoxy) is 1. The standard InChI is InChI=1S/C20H25FN4O4/c1-2-18(27)23-6-12-7-25(20(28)29-12)11-3-4-13(16(21)5-11)19-14-8-24(9-15(14)19)10-17(22)26/h3-5,12,14-15,19H,2,6-10H2,1H3,(H2,22,26)(H,23,27)/t12-,14-,15+,19?/m0/s1. The van der Waals surface area contributed by atoms with E-state index in [2.05, 4.69) is 5.32 Å². The van der Waals surface area contributed by atoms with Gasteiger partial charge in [-0.05, 0) is 35.4 Å². The maximum atomic E-state index is 14.8. The number of hydrogen-bond donors (Lipinski definition) is 2. The number of cyclic esters (lactones) is 1. The summed E-state index contributed by atoms with van der Waals surface area (Å²) in [5, 5.41) is 2.70. The Labute approximate surface area is 168 Å². The molecule has 1 unspecified atom stereocenters. The first kappa shape index (κ1) is 19.6. The zero-order valence-electron chi connectivity index (χ0n) is 16.3. The number of likely N-dealkylation sites (tertiary alicyclic amines) is 1. The van der Waals surface area contributed by atoms with Gasteiger partial charge < -0.3 is 15.8 Å². The maximum Gasteiger partial charge on any atom is 0.414 e. The number of fused-ring (bicyclic) bond motifs is 1. The van der Waals surface area contributed by atoms with E-state index in [1.807, 2.05) is 4.90 Å². The molecule has 8 nitrogen and oxygen atoms in total. The Bertz CT molecular complexity index is 836. The van der Waals surface area contributed by atoms with Crippen LogP contribution < -0.4 is 16.0 Å². The van der Waals surface area contributed by atoms with Crippen molar-refractivity contribution in [1.29, 1.82) is 0 Å². The van der Waals surface area contributed by atoms with Crippen molar-refractivity contribution in [3.63, 3.8) is 0 Å². The summed E-state index contributed by atoms with van der Waals surface area (Å²) in [6.07, 6.45) is -0.640. The maximum absolute atomic E-state index is 14.8. The van der Waals surface area contributed by atoms with Crippen LogP contribution in [0.2, 0.25) is 0 Å². The van der Waals surface area contributed by atoms with E-state index in [4.69, 9.17) is 10.5 Å². The molecule has 1 aromatic carbocycles. The molecule has 0 spiro atoms. The van der Waals surface area contributed by atoms with Crippen LogP contribution in [0.3, 0.4) is 0 Å². The highest BCUT2D eigenvalue weighted by molar-refractivity contribution is 5.90. The number of rotatable bonds is 7. The average Bonchev–Trinajstić information content (AvgIpc) is 3.00. The summed E-state index contributed by atoms with van der Waals surface area (Å²) in [5.41, 5.74) is 6.34. The number of primary amides is 1. The van der Waals surface area contributed by atoms with Gasteiger partial charge in [0, 0.05) is 19.5 Å². The lowest BCUT2D eigenvalue weighted by atomic mass is 10.0. The molecule has 2 saturated heterocycles. The van der Waals surface area contributed by atoms with E-state index >= 15 is 0 Å². The molecule has 29 heavy (non-hydrogen) atoms. The Balaban J connectivity index is 1.37. The molecule has 0 aromatic heterocycles. The molecule has 3 aliphatic rings. The molecule has 4 atom stereocenters. The van der Waals surface area contributed by atoms with Gasteiger partial charge in [0.1, 0.15) is 11.9 Å². The monoisotopic (exact) mass is 404 g/mol. The van der Waals surface area contributed by atoms with Gasteiger partial charge in [-0.15, -0.1) is 0 Å². The van der Waals surface area contributed by atoms with Crippen molar-refractivity contribution in [3.8, 4) is 0 Å². The predicted octanol–water partition coefficient (Wildman–Crippen LogP) is 0.808. The van der Waals surface area contributed by atoms with Crippen LogP contribution in [0.5, 0.6) is 0 Å². The van der Waals surface area contributed by atoms with Crippen molar-refractivity contribution in [1.82, 2.24) is 10.2 Å². The minimum absolute atomic E-state index is 0.112. The zero-order valence-corrected chi connectivity index (χ0v) is 16.3. The number of halogens is 1. The summed E-state index contributed by atoms with van der Waals surface area (Å²) in [7, 11) is 0.